The van der Waals surface area contributed by atoms with E-state index in [4.69, 9.17) is 21.4 Å². The summed E-state index contributed by atoms with van der Waals surface area (Å²) in [6.07, 6.45) is -3.36. The highest BCUT2D eigenvalue weighted by Gasteiger charge is 2.55. The standard InChI is InChI=1S/C36H48N6O6.C2HF3O2/c1-21(2)18-26(37)33(46)41-20-29(43)36(14-8-17-42(36)34(47)27(38)19-22(3)4)35(48)40-16-9-15-39-28-13-7-12-25-30(28)32(45)24-11-6-5-10-23(24)31(25)44;3-2(4,5)1(6)7/h5-7,10-13,21-22,26-27,39H,8-9,14-20,37-38H2,1-4H3,(H,40,48)(H,41,46);(H,6,7)/t26-,27-,36-;/m0./s1. The van der Waals surface area contributed by atoms with Gasteiger partial charge in [-0.1, -0.05) is 64.1 Å². The van der Waals surface area contributed by atoms with Crippen LogP contribution in [0.3, 0.4) is 0 Å². The molecule has 1 aliphatic heterocycles. The van der Waals surface area contributed by atoms with E-state index in [1.165, 1.54) is 4.90 Å². The molecule has 1 aliphatic carbocycles. The van der Waals surface area contributed by atoms with Crippen molar-refractivity contribution in [1.29, 1.82) is 0 Å². The molecule has 3 amide bonds. The van der Waals surface area contributed by atoms with Crippen LogP contribution < -0.4 is 27.4 Å². The van der Waals surface area contributed by atoms with Gasteiger partial charge in [0.1, 0.15) is 0 Å². The monoisotopic (exact) mass is 774 g/mol. The summed E-state index contributed by atoms with van der Waals surface area (Å²) in [7, 11) is 0. The zero-order chi connectivity index (χ0) is 41.2. The van der Waals surface area contributed by atoms with Gasteiger partial charge in [0.15, 0.2) is 22.9 Å². The third-order valence-electron chi connectivity index (χ3n) is 9.16. The summed E-state index contributed by atoms with van der Waals surface area (Å²) < 4.78 is 31.7. The Morgan fingerprint density at radius 3 is 1.98 bits per heavy atom. The molecule has 0 unspecified atom stereocenters. The largest absolute Gasteiger partial charge is 0.490 e. The lowest BCUT2D eigenvalue weighted by atomic mass is 9.83. The number of halogens is 3. The lowest BCUT2D eigenvalue weighted by Crippen LogP contribution is -2.66. The summed E-state index contributed by atoms with van der Waals surface area (Å²) in [5, 5.41) is 15.7. The number of aliphatic carboxylic acids is 1. The van der Waals surface area contributed by atoms with Crippen molar-refractivity contribution in [3.63, 3.8) is 0 Å². The maximum atomic E-state index is 13.9. The van der Waals surface area contributed by atoms with Crippen LogP contribution in [0, 0.1) is 11.8 Å². The van der Waals surface area contributed by atoms with Gasteiger partial charge in [0.2, 0.25) is 11.8 Å². The number of carbonyl (C=O) groups excluding carboxylic acids is 6. The van der Waals surface area contributed by atoms with Crippen LogP contribution in [-0.2, 0) is 24.0 Å². The van der Waals surface area contributed by atoms with Gasteiger partial charge in [-0.3, -0.25) is 28.8 Å². The maximum Gasteiger partial charge on any atom is 0.490 e. The second-order valence-corrected chi connectivity index (χ2v) is 14.3. The number of anilines is 1. The van der Waals surface area contributed by atoms with Crippen LogP contribution in [0.5, 0.6) is 0 Å². The number of rotatable bonds is 15. The van der Waals surface area contributed by atoms with Gasteiger partial charge in [-0.05, 0) is 50.0 Å². The number of hydrogen-bond acceptors (Lipinski definition) is 10. The van der Waals surface area contributed by atoms with Crippen LogP contribution in [0.1, 0.15) is 91.6 Å². The van der Waals surface area contributed by atoms with Gasteiger partial charge in [0.25, 0.3) is 5.91 Å². The van der Waals surface area contributed by atoms with Crippen LogP contribution in [0.25, 0.3) is 0 Å². The van der Waals surface area contributed by atoms with E-state index in [0.29, 0.717) is 60.2 Å². The molecule has 2 aliphatic rings. The number of amides is 3. The molecule has 300 valence electrons. The summed E-state index contributed by atoms with van der Waals surface area (Å²) in [5.41, 5.74) is 12.3. The number of likely N-dealkylation sites (tertiary alicyclic amines) is 1. The summed E-state index contributed by atoms with van der Waals surface area (Å²) in [4.78, 5) is 90.5. The van der Waals surface area contributed by atoms with Crippen LogP contribution in [0.15, 0.2) is 42.5 Å². The second-order valence-electron chi connectivity index (χ2n) is 14.3. The Kier molecular flexibility index (Phi) is 15.2. The van der Waals surface area contributed by atoms with E-state index in [9.17, 15) is 41.9 Å². The van der Waals surface area contributed by atoms with Crippen LogP contribution >= 0.6 is 0 Å². The smallest absolute Gasteiger partial charge is 0.475 e. The van der Waals surface area contributed by atoms with Gasteiger partial charge in [0, 0.05) is 42.0 Å². The fourth-order valence-electron chi connectivity index (χ4n) is 6.59. The lowest BCUT2D eigenvalue weighted by Gasteiger charge is -2.37. The molecule has 2 aromatic carbocycles. The van der Waals surface area contributed by atoms with Crippen LogP contribution in [0.2, 0.25) is 0 Å². The normalized spacial score (nSPS) is 17.4. The molecule has 55 heavy (non-hydrogen) atoms. The Morgan fingerprint density at radius 1 is 0.836 bits per heavy atom. The SMILES string of the molecule is CC(C)C[C@H](N)C(=O)NCC(=O)[C@]1(C(=O)NCCCNc2cccc3c2C(=O)c2ccccc2C3=O)CCCN1C(=O)[C@@H](N)CC(C)C.O=C(O)C(F)(F)F. The maximum absolute atomic E-state index is 13.9. The van der Waals surface area contributed by atoms with Gasteiger partial charge in [-0.25, -0.2) is 4.79 Å². The van der Waals surface area contributed by atoms with Gasteiger partial charge < -0.3 is 37.4 Å². The number of nitrogens with one attached hydrogen (secondary N) is 3. The predicted octanol–water partition coefficient (Wildman–Crippen LogP) is 2.81. The molecule has 1 saturated heterocycles. The molecule has 0 aromatic heterocycles. The lowest BCUT2D eigenvalue weighted by molar-refractivity contribution is -0.192. The molecule has 1 heterocycles. The minimum absolute atomic E-state index is 0.0950. The first kappa shape index (κ1) is 44.2. The summed E-state index contributed by atoms with van der Waals surface area (Å²) >= 11 is 0. The van der Waals surface area contributed by atoms with Crippen molar-refractivity contribution < 1.29 is 51.8 Å². The Balaban J connectivity index is 0.00000106. The zero-order valence-electron chi connectivity index (χ0n) is 31.3. The number of carboxylic acid groups (broad SMARTS) is 1. The Labute approximate surface area is 316 Å². The van der Waals surface area contributed by atoms with E-state index in [0.717, 1.165) is 0 Å². The van der Waals surface area contributed by atoms with E-state index < -0.39 is 59.8 Å². The van der Waals surface area contributed by atoms with Crippen LogP contribution in [0.4, 0.5) is 18.9 Å². The summed E-state index contributed by atoms with van der Waals surface area (Å²) in [6, 6.07) is 10.1. The van der Waals surface area contributed by atoms with Gasteiger partial charge in [0.05, 0.1) is 24.2 Å². The van der Waals surface area contributed by atoms with E-state index >= 15 is 0 Å². The van der Waals surface area contributed by atoms with Crippen molar-refractivity contribution in [3.8, 4) is 0 Å². The molecule has 0 bridgehead atoms. The molecule has 0 radical (unpaired) electrons. The second kappa shape index (κ2) is 18.9. The first-order chi connectivity index (χ1) is 25.7. The molecule has 14 nitrogen and oxygen atoms in total. The molecule has 0 spiro atoms. The third-order valence-corrected chi connectivity index (χ3v) is 9.16. The van der Waals surface area contributed by atoms with Gasteiger partial charge >= 0.3 is 12.1 Å². The first-order valence-corrected chi connectivity index (χ1v) is 18.0. The zero-order valence-corrected chi connectivity index (χ0v) is 31.3. The molecule has 4 rings (SSSR count). The topological polar surface area (TPSA) is 231 Å². The van der Waals surface area contributed by atoms with Gasteiger partial charge in [-0.15, -0.1) is 0 Å². The van der Waals surface area contributed by atoms with Crippen molar-refractivity contribution in [1.82, 2.24) is 15.5 Å². The Hall–Kier alpha value is -5.16. The molecule has 3 atom stereocenters. The van der Waals surface area contributed by atoms with Crippen LogP contribution in [-0.4, -0.2) is 101 Å². The predicted molar refractivity (Wildman–Crippen MR) is 196 cm³/mol. The highest BCUT2D eigenvalue weighted by molar-refractivity contribution is 6.30. The quantitative estimate of drug-likeness (QED) is 0.0971. The first-order valence-electron chi connectivity index (χ1n) is 18.0. The fourth-order valence-corrected chi connectivity index (χ4v) is 6.59. The molecule has 0 saturated carbocycles. The number of carbonyl (C=O) groups is 7. The minimum Gasteiger partial charge on any atom is -0.475 e. The molecule has 2 aromatic rings. The highest BCUT2D eigenvalue weighted by atomic mass is 19.4. The molecular weight excluding hydrogens is 725 g/mol. The third kappa shape index (κ3) is 10.7. The van der Waals surface area contributed by atoms with Gasteiger partial charge in [-0.2, -0.15) is 13.2 Å². The van der Waals surface area contributed by atoms with E-state index in [1.54, 1.807) is 42.5 Å². The molecule has 1 fully saturated rings. The number of alkyl halides is 3. The van der Waals surface area contributed by atoms with Crippen molar-refractivity contribution in [2.45, 2.75) is 83.6 Å². The summed E-state index contributed by atoms with van der Waals surface area (Å²) in [5.74, 6) is -5.14. The van der Waals surface area contributed by atoms with E-state index in [2.05, 4.69) is 16.0 Å². The number of carboxylic acids is 1. The molecular formula is C38H49F3N6O8. The number of Topliss-reactive ketones (excluding diaryl/α,β-unsaturated/α-hetero) is 1. The average Bonchev–Trinajstić information content (AvgIpc) is 3.57. The van der Waals surface area contributed by atoms with Crippen molar-refractivity contribution >= 4 is 46.7 Å². The number of nitrogens with zero attached hydrogens (tertiary/aromatic N) is 1. The number of fused-ring (bicyclic) bond motifs is 2. The van der Waals surface area contributed by atoms with E-state index in [-0.39, 0.29) is 42.9 Å². The fraction of sp³-hybridized carbons (Fsp3) is 0.500. The van der Waals surface area contributed by atoms with Crippen molar-refractivity contribution in [2.75, 3.05) is 31.5 Å². The number of nitrogens with two attached hydrogens (primary N) is 2. The van der Waals surface area contributed by atoms with Crippen molar-refractivity contribution in [2.24, 2.45) is 23.3 Å². The Bertz CT molecular complexity index is 1780. The minimum atomic E-state index is -5.08. The summed E-state index contributed by atoms with van der Waals surface area (Å²) in [6.45, 7) is 7.95. The average molecular weight is 775 g/mol. The highest BCUT2D eigenvalue weighted by Crippen LogP contribution is 2.33. The van der Waals surface area contributed by atoms with E-state index in [1.807, 2.05) is 27.7 Å². The van der Waals surface area contributed by atoms with Crippen molar-refractivity contribution in [3.05, 3.63) is 64.7 Å². The number of benzene rings is 2. The number of ketones is 3. The Morgan fingerprint density at radius 2 is 1.40 bits per heavy atom. The number of hydrogen-bond donors (Lipinski definition) is 6. The molecule has 8 N–H and O–H groups in total. The molecule has 17 heteroatoms.